The van der Waals surface area contributed by atoms with Crippen molar-refractivity contribution in [2.45, 2.75) is 19.8 Å². The van der Waals surface area contributed by atoms with Gasteiger partial charge in [-0.15, -0.1) is 0 Å². The summed E-state index contributed by atoms with van der Waals surface area (Å²) in [6.45, 7) is 4.22. The standard InChI is InChI=1S/C15H16BrN3O/c1-9(2)12-7-11(16)4-5-13(12)20-14-6-3-10(8-19-14)15(17)18/h3-9H,1-2H3,(H3,17,18). The number of nitrogens with two attached hydrogens (primary N) is 1. The van der Waals surface area contributed by atoms with Gasteiger partial charge in [0.15, 0.2) is 0 Å². The molecule has 1 aromatic heterocycles. The first-order valence-electron chi connectivity index (χ1n) is 6.25. The summed E-state index contributed by atoms with van der Waals surface area (Å²) in [5.41, 5.74) is 7.08. The van der Waals surface area contributed by atoms with E-state index in [2.05, 4.69) is 34.8 Å². The molecule has 5 heteroatoms. The Morgan fingerprint density at radius 1 is 1.30 bits per heavy atom. The van der Waals surface area contributed by atoms with E-state index in [1.807, 2.05) is 18.2 Å². The Hall–Kier alpha value is -1.88. The number of ether oxygens (including phenoxy) is 1. The maximum atomic E-state index is 7.33. The molecule has 2 aromatic rings. The van der Waals surface area contributed by atoms with Crippen LogP contribution in [-0.2, 0) is 0 Å². The number of nitrogen functional groups attached to an aromatic ring is 1. The molecule has 1 aromatic carbocycles. The summed E-state index contributed by atoms with van der Waals surface area (Å²) in [4.78, 5) is 4.16. The summed E-state index contributed by atoms with van der Waals surface area (Å²) < 4.78 is 6.84. The van der Waals surface area contributed by atoms with Crippen LogP contribution in [0.4, 0.5) is 0 Å². The second-order valence-electron chi connectivity index (χ2n) is 4.74. The lowest BCUT2D eigenvalue weighted by molar-refractivity contribution is 0.454. The highest BCUT2D eigenvalue weighted by Crippen LogP contribution is 2.32. The monoisotopic (exact) mass is 333 g/mol. The van der Waals surface area contributed by atoms with Gasteiger partial charge in [-0.2, -0.15) is 0 Å². The number of hydrogen-bond acceptors (Lipinski definition) is 3. The van der Waals surface area contributed by atoms with Crippen LogP contribution >= 0.6 is 15.9 Å². The van der Waals surface area contributed by atoms with Crippen molar-refractivity contribution in [2.75, 3.05) is 0 Å². The van der Waals surface area contributed by atoms with Gasteiger partial charge in [0.25, 0.3) is 0 Å². The highest BCUT2D eigenvalue weighted by Gasteiger charge is 2.10. The van der Waals surface area contributed by atoms with Crippen molar-refractivity contribution in [3.05, 3.63) is 52.1 Å². The van der Waals surface area contributed by atoms with E-state index in [0.29, 0.717) is 17.4 Å². The third-order valence-corrected chi connectivity index (χ3v) is 3.35. The van der Waals surface area contributed by atoms with Gasteiger partial charge in [0.05, 0.1) is 0 Å². The Morgan fingerprint density at radius 2 is 2.05 bits per heavy atom. The predicted octanol–water partition coefficient (Wildman–Crippen LogP) is 4.04. The van der Waals surface area contributed by atoms with Crippen molar-refractivity contribution in [3.8, 4) is 11.6 Å². The first-order chi connectivity index (χ1) is 9.47. The quantitative estimate of drug-likeness (QED) is 0.655. The fraction of sp³-hybridized carbons (Fsp3) is 0.200. The molecule has 0 atom stereocenters. The summed E-state index contributed by atoms with van der Waals surface area (Å²) in [5, 5.41) is 7.33. The van der Waals surface area contributed by atoms with E-state index in [9.17, 15) is 0 Å². The largest absolute Gasteiger partial charge is 0.439 e. The molecule has 0 aliphatic carbocycles. The van der Waals surface area contributed by atoms with E-state index < -0.39 is 0 Å². The van der Waals surface area contributed by atoms with Gasteiger partial charge in [-0.05, 0) is 35.7 Å². The number of halogens is 1. The summed E-state index contributed by atoms with van der Waals surface area (Å²) in [7, 11) is 0. The Balaban J connectivity index is 2.27. The minimum atomic E-state index is -0.00411. The molecule has 0 saturated heterocycles. The SMILES string of the molecule is CC(C)c1cc(Br)ccc1Oc1ccc(C(=N)N)cn1. The topological polar surface area (TPSA) is 72.0 Å². The molecule has 0 saturated carbocycles. The molecule has 0 unspecified atom stereocenters. The van der Waals surface area contributed by atoms with E-state index in [4.69, 9.17) is 15.9 Å². The highest BCUT2D eigenvalue weighted by molar-refractivity contribution is 9.10. The molecule has 2 rings (SSSR count). The minimum absolute atomic E-state index is 0.00411. The van der Waals surface area contributed by atoms with Crippen molar-refractivity contribution in [1.29, 1.82) is 5.41 Å². The maximum absolute atomic E-state index is 7.33. The molecule has 0 aliphatic heterocycles. The van der Waals surface area contributed by atoms with Gasteiger partial charge in [-0.1, -0.05) is 29.8 Å². The molecule has 0 spiro atoms. The number of rotatable bonds is 4. The van der Waals surface area contributed by atoms with Gasteiger partial charge in [-0.3, -0.25) is 5.41 Å². The molecule has 3 N–H and O–H groups in total. The van der Waals surface area contributed by atoms with Crippen molar-refractivity contribution in [2.24, 2.45) is 5.73 Å². The summed E-state index contributed by atoms with van der Waals surface area (Å²) >= 11 is 3.47. The molecular weight excluding hydrogens is 318 g/mol. The zero-order valence-corrected chi connectivity index (χ0v) is 12.9. The second-order valence-corrected chi connectivity index (χ2v) is 5.65. The van der Waals surface area contributed by atoms with Crippen LogP contribution in [0.2, 0.25) is 0 Å². The van der Waals surface area contributed by atoms with Crippen molar-refractivity contribution < 1.29 is 4.74 Å². The fourth-order valence-electron chi connectivity index (χ4n) is 1.78. The van der Waals surface area contributed by atoms with E-state index >= 15 is 0 Å². The van der Waals surface area contributed by atoms with Gasteiger partial charge in [0, 0.05) is 22.3 Å². The summed E-state index contributed by atoms with van der Waals surface area (Å²) in [6, 6.07) is 9.33. The van der Waals surface area contributed by atoms with Crippen LogP contribution in [0, 0.1) is 5.41 Å². The molecule has 104 valence electrons. The summed E-state index contributed by atoms with van der Waals surface area (Å²) in [5.74, 6) is 1.61. The average Bonchev–Trinajstić information content (AvgIpc) is 2.41. The molecule has 20 heavy (non-hydrogen) atoms. The summed E-state index contributed by atoms with van der Waals surface area (Å²) in [6.07, 6.45) is 1.53. The van der Waals surface area contributed by atoms with Crippen LogP contribution in [0.25, 0.3) is 0 Å². The number of nitrogens with one attached hydrogen (secondary N) is 1. The van der Waals surface area contributed by atoms with Gasteiger partial charge in [-0.25, -0.2) is 4.98 Å². The Kier molecular flexibility index (Phi) is 4.39. The lowest BCUT2D eigenvalue weighted by atomic mass is 10.0. The van der Waals surface area contributed by atoms with Gasteiger partial charge >= 0.3 is 0 Å². The third-order valence-electron chi connectivity index (χ3n) is 2.86. The fourth-order valence-corrected chi connectivity index (χ4v) is 2.15. The second kappa shape index (κ2) is 6.05. The van der Waals surface area contributed by atoms with Crippen LogP contribution in [0.15, 0.2) is 41.0 Å². The zero-order valence-electron chi connectivity index (χ0n) is 11.4. The molecule has 0 bridgehead atoms. The molecular formula is C15H16BrN3O. The number of hydrogen-bond donors (Lipinski definition) is 2. The van der Waals surface area contributed by atoms with E-state index in [-0.39, 0.29) is 5.84 Å². The van der Waals surface area contributed by atoms with Crippen molar-refractivity contribution in [3.63, 3.8) is 0 Å². The predicted molar refractivity (Wildman–Crippen MR) is 83.6 cm³/mol. The number of amidine groups is 1. The lowest BCUT2D eigenvalue weighted by Crippen LogP contribution is -2.11. The molecule has 0 radical (unpaired) electrons. The number of benzene rings is 1. The lowest BCUT2D eigenvalue weighted by Gasteiger charge is -2.13. The van der Waals surface area contributed by atoms with Crippen LogP contribution in [0.5, 0.6) is 11.6 Å². The third kappa shape index (κ3) is 3.36. The zero-order chi connectivity index (χ0) is 14.7. The van der Waals surface area contributed by atoms with Crippen LogP contribution < -0.4 is 10.5 Å². The number of aromatic nitrogens is 1. The maximum Gasteiger partial charge on any atom is 0.219 e. The molecule has 0 amide bonds. The molecule has 1 heterocycles. The Bertz CT molecular complexity index is 624. The van der Waals surface area contributed by atoms with E-state index in [1.54, 1.807) is 12.1 Å². The van der Waals surface area contributed by atoms with Gasteiger partial charge in [0.1, 0.15) is 11.6 Å². The normalized spacial score (nSPS) is 10.6. The minimum Gasteiger partial charge on any atom is -0.439 e. The first kappa shape index (κ1) is 14.5. The molecule has 0 aliphatic rings. The number of nitrogens with zero attached hydrogens (tertiary/aromatic N) is 1. The first-order valence-corrected chi connectivity index (χ1v) is 7.04. The average molecular weight is 334 g/mol. The van der Waals surface area contributed by atoms with Crippen molar-refractivity contribution >= 4 is 21.8 Å². The smallest absolute Gasteiger partial charge is 0.219 e. The van der Waals surface area contributed by atoms with Crippen LogP contribution in [0.3, 0.4) is 0 Å². The van der Waals surface area contributed by atoms with E-state index in [0.717, 1.165) is 15.8 Å². The van der Waals surface area contributed by atoms with Crippen LogP contribution in [-0.4, -0.2) is 10.8 Å². The van der Waals surface area contributed by atoms with E-state index in [1.165, 1.54) is 6.20 Å². The van der Waals surface area contributed by atoms with Gasteiger partial charge in [0.2, 0.25) is 5.88 Å². The van der Waals surface area contributed by atoms with Crippen LogP contribution in [0.1, 0.15) is 30.9 Å². The Labute approximate surface area is 126 Å². The molecule has 0 fully saturated rings. The van der Waals surface area contributed by atoms with Gasteiger partial charge < -0.3 is 10.5 Å². The number of pyridine rings is 1. The Morgan fingerprint density at radius 3 is 2.60 bits per heavy atom. The molecule has 4 nitrogen and oxygen atoms in total. The van der Waals surface area contributed by atoms with Crippen molar-refractivity contribution in [1.82, 2.24) is 4.98 Å². The highest BCUT2D eigenvalue weighted by atomic mass is 79.9.